The number of primary amides is 1. The molecule has 1 amide bonds. The zero-order valence-electron chi connectivity index (χ0n) is 16.5. The van der Waals surface area contributed by atoms with E-state index < -0.39 is 17.6 Å². The fraction of sp³-hybridized carbons (Fsp3) is 0.333. The molecule has 7 heteroatoms. The SMILES string of the molecule is CC(N)c1cccc(-c2cc3c(NC(C)C(C)(C)F)c(C(N)=O)cnn3c2)c1. The van der Waals surface area contributed by atoms with Crippen LogP contribution >= 0.6 is 0 Å². The van der Waals surface area contributed by atoms with E-state index in [0.29, 0.717) is 11.2 Å². The first-order valence-electron chi connectivity index (χ1n) is 9.20. The van der Waals surface area contributed by atoms with Crippen molar-refractivity contribution in [1.29, 1.82) is 0 Å². The van der Waals surface area contributed by atoms with Crippen LogP contribution in [0.2, 0.25) is 0 Å². The van der Waals surface area contributed by atoms with E-state index in [0.717, 1.165) is 16.7 Å². The van der Waals surface area contributed by atoms with Crippen molar-refractivity contribution in [3.8, 4) is 11.1 Å². The summed E-state index contributed by atoms with van der Waals surface area (Å²) in [6.45, 7) is 6.61. The Hall–Kier alpha value is -2.93. The average molecular weight is 383 g/mol. The lowest BCUT2D eigenvalue weighted by molar-refractivity contribution is 0.1000. The van der Waals surface area contributed by atoms with Crippen molar-refractivity contribution in [1.82, 2.24) is 9.61 Å². The smallest absolute Gasteiger partial charge is 0.252 e. The highest BCUT2D eigenvalue weighted by Gasteiger charge is 2.27. The van der Waals surface area contributed by atoms with E-state index in [1.165, 1.54) is 20.0 Å². The second-order valence-electron chi connectivity index (χ2n) is 7.70. The van der Waals surface area contributed by atoms with Crippen LogP contribution in [0.1, 0.15) is 49.7 Å². The summed E-state index contributed by atoms with van der Waals surface area (Å²) < 4.78 is 16.0. The predicted molar refractivity (Wildman–Crippen MR) is 110 cm³/mol. The standard InChI is InChI=1S/C21H26FN5O/c1-12(23)14-6-5-7-15(8-14)16-9-18-19(26-13(2)21(3,4)22)17(20(24)28)10-25-27(18)11-16/h5-13,26H,23H2,1-4H3,(H2,24,28). The molecule has 2 unspecified atom stereocenters. The molecule has 6 nitrogen and oxygen atoms in total. The number of nitrogens with two attached hydrogens (primary N) is 2. The van der Waals surface area contributed by atoms with Crippen molar-refractivity contribution >= 4 is 17.1 Å². The van der Waals surface area contributed by atoms with Gasteiger partial charge in [0.25, 0.3) is 5.91 Å². The molecule has 3 aromatic rings. The number of hydrogen-bond donors (Lipinski definition) is 3. The third kappa shape index (κ3) is 3.84. The van der Waals surface area contributed by atoms with Crippen LogP contribution in [0.15, 0.2) is 42.7 Å². The molecule has 0 bridgehead atoms. The molecule has 0 radical (unpaired) electrons. The number of fused-ring (bicyclic) bond motifs is 1. The van der Waals surface area contributed by atoms with Crippen molar-refractivity contribution in [3.63, 3.8) is 0 Å². The number of halogens is 1. The molecule has 2 aromatic heterocycles. The van der Waals surface area contributed by atoms with Crippen LogP contribution < -0.4 is 16.8 Å². The summed E-state index contributed by atoms with van der Waals surface area (Å²) in [6.07, 6.45) is 3.26. The lowest BCUT2D eigenvalue weighted by atomic mass is 10.0. The molecule has 0 saturated carbocycles. The molecule has 0 aliphatic heterocycles. The number of rotatable bonds is 6. The summed E-state index contributed by atoms with van der Waals surface area (Å²) in [5, 5.41) is 7.41. The van der Waals surface area contributed by atoms with Gasteiger partial charge in [-0.2, -0.15) is 5.10 Å². The number of anilines is 1. The molecule has 0 fully saturated rings. The highest BCUT2D eigenvalue weighted by atomic mass is 19.1. The van der Waals surface area contributed by atoms with Crippen LogP contribution in [0.3, 0.4) is 0 Å². The maximum absolute atomic E-state index is 14.4. The van der Waals surface area contributed by atoms with Gasteiger partial charge in [-0.3, -0.25) is 4.79 Å². The zero-order chi connectivity index (χ0) is 20.6. The molecule has 1 aromatic carbocycles. The van der Waals surface area contributed by atoms with Crippen LogP contribution in [0.25, 0.3) is 16.6 Å². The van der Waals surface area contributed by atoms with Crippen molar-refractivity contribution < 1.29 is 9.18 Å². The molecule has 28 heavy (non-hydrogen) atoms. The second-order valence-corrected chi connectivity index (χ2v) is 7.70. The van der Waals surface area contributed by atoms with Gasteiger partial charge in [0.2, 0.25) is 0 Å². The third-order valence-electron chi connectivity index (χ3n) is 5.04. The van der Waals surface area contributed by atoms with E-state index in [4.69, 9.17) is 11.5 Å². The minimum absolute atomic E-state index is 0.0820. The molecular weight excluding hydrogens is 357 g/mol. The van der Waals surface area contributed by atoms with Gasteiger partial charge in [0.15, 0.2) is 0 Å². The summed E-state index contributed by atoms with van der Waals surface area (Å²) >= 11 is 0. The van der Waals surface area contributed by atoms with E-state index in [-0.39, 0.29) is 11.6 Å². The van der Waals surface area contributed by atoms with Crippen molar-refractivity contribution in [2.24, 2.45) is 11.5 Å². The van der Waals surface area contributed by atoms with Gasteiger partial charge < -0.3 is 16.8 Å². The molecule has 0 spiro atoms. The van der Waals surface area contributed by atoms with Crippen LogP contribution in [-0.2, 0) is 0 Å². The van der Waals surface area contributed by atoms with Crippen molar-refractivity contribution in [2.45, 2.75) is 45.4 Å². The number of aromatic nitrogens is 2. The van der Waals surface area contributed by atoms with Gasteiger partial charge in [0.1, 0.15) is 5.67 Å². The fourth-order valence-corrected chi connectivity index (χ4v) is 2.94. The number of nitrogens with zero attached hydrogens (tertiary/aromatic N) is 2. The minimum atomic E-state index is -1.49. The van der Waals surface area contributed by atoms with Gasteiger partial charge in [-0.05, 0) is 51.0 Å². The number of amides is 1. The summed E-state index contributed by atoms with van der Waals surface area (Å²) in [5.41, 5.74) is 14.3. The van der Waals surface area contributed by atoms with E-state index in [1.54, 1.807) is 11.4 Å². The number of hydrogen-bond acceptors (Lipinski definition) is 4. The Balaban J connectivity index is 2.14. The third-order valence-corrected chi connectivity index (χ3v) is 5.04. The Morgan fingerprint density at radius 3 is 2.57 bits per heavy atom. The van der Waals surface area contributed by atoms with Gasteiger partial charge in [0, 0.05) is 17.8 Å². The summed E-state index contributed by atoms with van der Waals surface area (Å²) in [5.74, 6) is -0.622. The topological polar surface area (TPSA) is 98.4 Å². The fourth-order valence-electron chi connectivity index (χ4n) is 2.94. The van der Waals surface area contributed by atoms with Gasteiger partial charge in [0.05, 0.1) is 29.0 Å². The first-order valence-corrected chi connectivity index (χ1v) is 9.20. The van der Waals surface area contributed by atoms with Gasteiger partial charge in [-0.25, -0.2) is 8.91 Å². The number of carbonyl (C=O) groups is 1. The number of nitrogens with one attached hydrogen (secondary N) is 1. The van der Waals surface area contributed by atoms with Gasteiger partial charge >= 0.3 is 0 Å². The van der Waals surface area contributed by atoms with E-state index >= 15 is 0 Å². The molecule has 148 valence electrons. The number of carbonyl (C=O) groups excluding carboxylic acids is 1. The first-order chi connectivity index (χ1) is 13.1. The largest absolute Gasteiger partial charge is 0.377 e. The summed E-state index contributed by atoms with van der Waals surface area (Å²) in [6, 6.07) is 9.21. The van der Waals surface area contributed by atoms with E-state index in [2.05, 4.69) is 10.4 Å². The van der Waals surface area contributed by atoms with Crippen LogP contribution in [-0.4, -0.2) is 27.2 Å². The predicted octanol–water partition coefficient (Wildman–Crippen LogP) is 3.67. The van der Waals surface area contributed by atoms with Gasteiger partial charge in [-0.1, -0.05) is 18.2 Å². The second kappa shape index (κ2) is 7.24. The monoisotopic (exact) mass is 383 g/mol. The molecule has 0 saturated heterocycles. The highest BCUT2D eigenvalue weighted by Crippen LogP contribution is 2.31. The molecule has 0 aliphatic carbocycles. The molecule has 2 atom stereocenters. The molecule has 2 heterocycles. The lowest BCUT2D eigenvalue weighted by Crippen LogP contribution is -2.36. The molecule has 5 N–H and O–H groups in total. The molecular formula is C21H26FN5O. The Morgan fingerprint density at radius 2 is 1.96 bits per heavy atom. The maximum atomic E-state index is 14.4. The minimum Gasteiger partial charge on any atom is -0.377 e. The van der Waals surface area contributed by atoms with Gasteiger partial charge in [-0.15, -0.1) is 0 Å². The quantitative estimate of drug-likeness (QED) is 0.605. The lowest BCUT2D eigenvalue weighted by Gasteiger charge is -2.26. The van der Waals surface area contributed by atoms with Crippen molar-refractivity contribution in [3.05, 3.63) is 53.9 Å². The average Bonchev–Trinajstić information content (AvgIpc) is 3.05. The normalized spacial score (nSPS) is 14.1. The Labute approximate surface area is 163 Å². The van der Waals surface area contributed by atoms with E-state index in [9.17, 15) is 9.18 Å². The Kier molecular flexibility index (Phi) is 5.12. The first kappa shape index (κ1) is 19.8. The zero-order valence-corrected chi connectivity index (χ0v) is 16.5. The number of benzene rings is 1. The number of alkyl halides is 1. The van der Waals surface area contributed by atoms with E-state index in [1.807, 2.05) is 43.5 Å². The Bertz CT molecular complexity index is 1020. The molecule has 3 rings (SSSR count). The van der Waals surface area contributed by atoms with Crippen LogP contribution in [0.4, 0.5) is 10.1 Å². The van der Waals surface area contributed by atoms with Crippen molar-refractivity contribution in [2.75, 3.05) is 5.32 Å². The Morgan fingerprint density at radius 1 is 1.25 bits per heavy atom. The van der Waals surface area contributed by atoms with Crippen LogP contribution in [0, 0.1) is 0 Å². The van der Waals surface area contributed by atoms with Crippen LogP contribution in [0.5, 0.6) is 0 Å². The summed E-state index contributed by atoms with van der Waals surface area (Å²) in [7, 11) is 0. The summed E-state index contributed by atoms with van der Waals surface area (Å²) in [4.78, 5) is 11.9. The molecule has 0 aliphatic rings. The maximum Gasteiger partial charge on any atom is 0.252 e. The highest BCUT2D eigenvalue weighted by molar-refractivity contribution is 6.02.